The Balaban J connectivity index is 1.41. The molecule has 0 bridgehead atoms. The molecule has 6 rings (SSSR count). The maximum absolute atomic E-state index is 13.8. The zero-order valence-corrected chi connectivity index (χ0v) is 18.2. The van der Waals surface area contributed by atoms with Gasteiger partial charge in [0.2, 0.25) is 0 Å². The van der Waals surface area contributed by atoms with Gasteiger partial charge in [-0.25, -0.2) is 4.98 Å². The molecule has 1 aliphatic heterocycles. The third kappa shape index (κ3) is 3.61. The van der Waals surface area contributed by atoms with E-state index in [9.17, 15) is 4.79 Å². The minimum absolute atomic E-state index is 0.0764. The van der Waals surface area contributed by atoms with Crippen LogP contribution in [0.25, 0.3) is 21.5 Å². The highest BCUT2D eigenvalue weighted by Gasteiger charge is 2.25. The smallest absolute Gasteiger partial charge is 0.254 e. The van der Waals surface area contributed by atoms with Crippen molar-refractivity contribution in [1.82, 2.24) is 14.9 Å². The first-order chi connectivity index (χ1) is 16.3. The summed E-state index contributed by atoms with van der Waals surface area (Å²) in [6, 6.07) is 27.0. The molecule has 1 amide bonds. The first-order valence-electron chi connectivity index (χ1n) is 11.3. The summed E-state index contributed by atoms with van der Waals surface area (Å²) >= 11 is 0. The number of fused-ring (bicyclic) bond motifs is 3. The maximum atomic E-state index is 13.8. The van der Waals surface area contributed by atoms with Crippen LogP contribution in [0.15, 0.2) is 91.4 Å². The van der Waals surface area contributed by atoms with Crippen molar-refractivity contribution in [3.05, 3.63) is 108 Å². The molecule has 1 aliphatic rings. The zero-order chi connectivity index (χ0) is 22.2. The Kier molecular flexibility index (Phi) is 4.80. The standard InChI is InChI=1S/C28H24N4O/c33-28(26-11-5-9-20-6-3-4-10-25(20)26)32-13-12-31(18-24-16-29-19-30-24)27-15-22-8-2-1-7-21(22)14-23(27)17-32/h1-11,14-16,19H,12-13,17-18H2,(H,29,30). The van der Waals surface area contributed by atoms with E-state index in [2.05, 4.69) is 63.4 Å². The number of aromatic amines is 1. The highest BCUT2D eigenvalue weighted by molar-refractivity contribution is 6.07. The number of nitrogens with one attached hydrogen (secondary N) is 1. The van der Waals surface area contributed by atoms with Crippen molar-refractivity contribution in [1.29, 1.82) is 0 Å². The lowest BCUT2D eigenvalue weighted by atomic mass is 10.0. The van der Waals surface area contributed by atoms with Crippen LogP contribution in [0.2, 0.25) is 0 Å². The third-order valence-corrected chi connectivity index (χ3v) is 6.50. The van der Waals surface area contributed by atoms with Crippen molar-refractivity contribution in [2.45, 2.75) is 13.1 Å². The van der Waals surface area contributed by atoms with Gasteiger partial charge in [0.15, 0.2) is 0 Å². The number of amides is 1. The fraction of sp³-hybridized carbons (Fsp3) is 0.143. The molecule has 33 heavy (non-hydrogen) atoms. The molecule has 0 unspecified atom stereocenters. The first-order valence-corrected chi connectivity index (χ1v) is 11.3. The van der Waals surface area contributed by atoms with Crippen molar-refractivity contribution in [2.75, 3.05) is 18.0 Å². The van der Waals surface area contributed by atoms with Gasteiger partial charge in [-0.2, -0.15) is 0 Å². The van der Waals surface area contributed by atoms with Crippen LogP contribution in [0.4, 0.5) is 5.69 Å². The Hall–Kier alpha value is -4.12. The quantitative estimate of drug-likeness (QED) is 0.417. The summed E-state index contributed by atoms with van der Waals surface area (Å²) in [6.45, 7) is 2.68. The van der Waals surface area contributed by atoms with Crippen LogP contribution < -0.4 is 4.90 Å². The first kappa shape index (κ1) is 19.6. The zero-order valence-electron chi connectivity index (χ0n) is 18.2. The highest BCUT2D eigenvalue weighted by Crippen LogP contribution is 2.32. The fourth-order valence-corrected chi connectivity index (χ4v) is 4.84. The summed E-state index contributed by atoms with van der Waals surface area (Å²) in [6.07, 6.45) is 3.65. The van der Waals surface area contributed by atoms with Gasteiger partial charge in [0.1, 0.15) is 0 Å². The lowest BCUT2D eigenvalue weighted by molar-refractivity contribution is 0.0753. The number of carbonyl (C=O) groups excluding carboxylic acids is 1. The summed E-state index contributed by atoms with van der Waals surface area (Å²) in [5, 5.41) is 4.48. The lowest BCUT2D eigenvalue weighted by Crippen LogP contribution is -2.35. The molecule has 1 N–H and O–H groups in total. The SMILES string of the molecule is O=C(c1cccc2ccccc12)N1CCN(Cc2c[nH]cn2)c2cc3ccccc3cc2C1. The molecule has 0 fully saturated rings. The van der Waals surface area contributed by atoms with Crippen LogP contribution in [0.3, 0.4) is 0 Å². The van der Waals surface area contributed by atoms with E-state index in [-0.39, 0.29) is 5.91 Å². The van der Waals surface area contributed by atoms with Gasteiger partial charge >= 0.3 is 0 Å². The maximum Gasteiger partial charge on any atom is 0.254 e. The number of rotatable bonds is 3. The summed E-state index contributed by atoms with van der Waals surface area (Å²) in [7, 11) is 0. The number of anilines is 1. The number of H-pyrrole nitrogens is 1. The molecule has 0 atom stereocenters. The number of aromatic nitrogens is 2. The van der Waals surface area contributed by atoms with Gasteiger partial charge in [-0.15, -0.1) is 0 Å². The third-order valence-electron chi connectivity index (χ3n) is 6.50. The number of hydrogen-bond acceptors (Lipinski definition) is 3. The van der Waals surface area contributed by atoms with Gasteiger partial charge in [0.25, 0.3) is 5.91 Å². The van der Waals surface area contributed by atoms with E-state index < -0.39 is 0 Å². The van der Waals surface area contributed by atoms with Crippen molar-refractivity contribution in [3.8, 4) is 0 Å². The number of carbonyl (C=O) groups is 1. The predicted octanol–water partition coefficient (Wildman–Crippen LogP) is 5.38. The van der Waals surface area contributed by atoms with Crippen LogP contribution in [0.1, 0.15) is 21.6 Å². The molecule has 0 spiro atoms. The molecule has 2 heterocycles. The van der Waals surface area contributed by atoms with Crippen LogP contribution in [-0.4, -0.2) is 33.9 Å². The summed E-state index contributed by atoms with van der Waals surface area (Å²) in [5.41, 5.74) is 4.08. The molecule has 5 heteroatoms. The molecular formula is C28H24N4O. The van der Waals surface area contributed by atoms with E-state index in [0.29, 0.717) is 19.6 Å². The molecular weight excluding hydrogens is 408 g/mol. The van der Waals surface area contributed by atoms with E-state index in [4.69, 9.17) is 0 Å². The summed E-state index contributed by atoms with van der Waals surface area (Å²) in [4.78, 5) is 25.6. The number of nitrogens with zero attached hydrogens (tertiary/aromatic N) is 3. The van der Waals surface area contributed by atoms with Crippen LogP contribution in [0.5, 0.6) is 0 Å². The second-order valence-corrected chi connectivity index (χ2v) is 8.56. The largest absolute Gasteiger partial charge is 0.363 e. The second-order valence-electron chi connectivity index (χ2n) is 8.56. The highest BCUT2D eigenvalue weighted by atomic mass is 16.2. The van der Waals surface area contributed by atoms with Crippen molar-refractivity contribution < 1.29 is 4.79 Å². The summed E-state index contributed by atoms with van der Waals surface area (Å²) < 4.78 is 0. The normalized spacial score (nSPS) is 13.8. The van der Waals surface area contributed by atoms with Gasteiger partial charge in [-0.05, 0) is 45.3 Å². The Labute approximate surface area is 192 Å². The number of imidazole rings is 1. The average Bonchev–Trinajstić information content (AvgIpc) is 3.31. The van der Waals surface area contributed by atoms with Gasteiger partial charge in [0, 0.05) is 37.1 Å². The lowest BCUT2D eigenvalue weighted by Gasteiger charge is -2.24. The molecule has 5 nitrogen and oxygen atoms in total. The molecule has 4 aromatic carbocycles. The van der Waals surface area contributed by atoms with Crippen LogP contribution in [0, 0.1) is 0 Å². The Morgan fingerprint density at radius 1 is 0.879 bits per heavy atom. The van der Waals surface area contributed by atoms with Gasteiger partial charge in [-0.3, -0.25) is 4.79 Å². The van der Waals surface area contributed by atoms with Crippen LogP contribution >= 0.6 is 0 Å². The number of hydrogen-bond donors (Lipinski definition) is 1. The molecule has 0 saturated heterocycles. The fourth-order valence-electron chi connectivity index (χ4n) is 4.84. The minimum Gasteiger partial charge on any atom is -0.363 e. The predicted molar refractivity (Wildman–Crippen MR) is 132 cm³/mol. The van der Waals surface area contributed by atoms with E-state index in [0.717, 1.165) is 34.1 Å². The monoisotopic (exact) mass is 432 g/mol. The molecule has 0 radical (unpaired) electrons. The van der Waals surface area contributed by atoms with Gasteiger partial charge in [-0.1, -0.05) is 60.7 Å². The van der Waals surface area contributed by atoms with Crippen LogP contribution in [-0.2, 0) is 13.1 Å². The van der Waals surface area contributed by atoms with E-state index in [1.54, 1.807) is 6.33 Å². The molecule has 0 aliphatic carbocycles. The van der Waals surface area contributed by atoms with E-state index >= 15 is 0 Å². The second kappa shape index (κ2) is 8.10. The molecule has 1 aromatic heterocycles. The molecule has 0 saturated carbocycles. The number of benzene rings is 4. The van der Waals surface area contributed by atoms with Crippen molar-refractivity contribution >= 4 is 33.1 Å². The molecule has 5 aromatic rings. The Morgan fingerprint density at radius 3 is 2.45 bits per heavy atom. The Morgan fingerprint density at radius 2 is 1.64 bits per heavy atom. The topological polar surface area (TPSA) is 52.2 Å². The van der Waals surface area contributed by atoms with E-state index in [1.165, 1.54) is 16.5 Å². The van der Waals surface area contributed by atoms with Crippen molar-refractivity contribution in [3.63, 3.8) is 0 Å². The van der Waals surface area contributed by atoms with Crippen molar-refractivity contribution in [2.24, 2.45) is 0 Å². The van der Waals surface area contributed by atoms with Gasteiger partial charge < -0.3 is 14.8 Å². The summed E-state index contributed by atoms with van der Waals surface area (Å²) in [5.74, 6) is 0.0764. The minimum atomic E-state index is 0.0764. The van der Waals surface area contributed by atoms with Gasteiger partial charge in [0.05, 0.1) is 18.6 Å². The molecule has 162 valence electrons. The van der Waals surface area contributed by atoms with E-state index in [1.807, 2.05) is 41.4 Å². The Bertz CT molecular complexity index is 1450. The average molecular weight is 433 g/mol.